The van der Waals surface area contributed by atoms with Crippen LogP contribution in [0, 0.1) is 5.92 Å². The maximum atomic E-state index is 12.1. The van der Waals surface area contributed by atoms with Gasteiger partial charge in [-0.1, -0.05) is 38.5 Å². The van der Waals surface area contributed by atoms with E-state index < -0.39 is 10.0 Å². The number of sulfonamides is 1. The fourth-order valence-electron chi connectivity index (χ4n) is 2.79. The molecule has 1 atom stereocenters. The topological polar surface area (TPSA) is 52.6 Å². The highest BCUT2D eigenvalue weighted by Gasteiger charge is 2.19. The summed E-state index contributed by atoms with van der Waals surface area (Å²) in [5.41, 5.74) is 0. The van der Waals surface area contributed by atoms with Crippen LogP contribution in [0.5, 0.6) is 0 Å². The molecular formula is C17H29N3O2S. The second-order valence-electron chi connectivity index (χ2n) is 6.37. The predicted octanol–water partition coefficient (Wildman–Crippen LogP) is 1.63. The van der Waals surface area contributed by atoms with E-state index in [1.165, 1.54) is 13.0 Å². The summed E-state index contributed by atoms with van der Waals surface area (Å²) in [6.45, 7) is 11.1. The fourth-order valence-corrected chi connectivity index (χ4v) is 3.83. The van der Waals surface area contributed by atoms with E-state index in [9.17, 15) is 8.42 Å². The van der Waals surface area contributed by atoms with Crippen LogP contribution in [-0.4, -0.2) is 64.0 Å². The van der Waals surface area contributed by atoms with Crippen molar-refractivity contribution in [3.05, 3.63) is 30.3 Å². The van der Waals surface area contributed by atoms with Gasteiger partial charge in [-0.2, -0.15) is 0 Å². The Hall–Kier alpha value is -0.950. The zero-order chi connectivity index (χ0) is 16.7. The van der Waals surface area contributed by atoms with Crippen molar-refractivity contribution in [2.24, 2.45) is 5.92 Å². The molecule has 1 heterocycles. The first-order chi connectivity index (χ1) is 11.0. The summed E-state index contributed by atoms with van der Waals surface area (Å²) in [4.78, 5) is 5.18. The molecule has 23 heavy (non-hydrogen) atoms. The molecule has 0 aliphatic carbocycles. The van der Waals surface area contributed by atoms with Crippen molar-refractivity contribution in [2.75, 3.05) is 45.8 Å². The average Bonchev–Trinajstić information content (AvgIpc) is 2.57. The molecule has 0 aromatic heterocycles. The molecule has 0 saturated carbocycles. The molecule has 0 spiro atoms. The van der Waals surface area contributed by atoms with Gasteiger partial charge in [0.2, 0.25) is 10.0 Å². The summed E-state index contributed by atoms with van der Waals surface area (Å²) in [5, 5.41) is 0. The highest BCUT2D eigenvalue weighted by Crippen LogP contribution is 2.09. The lowest BCUT2D eigenvalue weighted by molar-refractivity contribution is 0.121. The SMILES string of the molecule is CCC(C)CN1CCN(CCNS(=O)(=O)c2ccccc2)CC1. The molecular weight excluding hydrogens is 310 g/mol. The van der Waals surface area contributed by atoms with Crippen LogP contribution in [0.25, 0.3) is 0 Å². The Kier molecular flexibility index (Phi) is 7.02. The third kappa shape index (κ3) is 5.88. The van der Waals surface area contributed by atoms with E-state index in [-0.39, 0.29) is 0 Å². The molecule has 5 nitrogen and oxygen atoms in total. The van der Waals surface area contributed by atoms with Crippen LogP contribution in [0.4, 0.5) is 0 Å². The maximum Gasteiger partial charge on any atom is 0.240 e. The standard InChI is InChI=1S/C17H29N3O2S/c1-3-16(2)15-20-13-11-19(12-14-20)10-9-18-23(21,22)17-7-5-4-6-8-17/h4-8,16,18H,3,9-15H2,1-2H3. The number of benzene rings is 1. The molecule has 0 bridgehead atoms. The zero-order valence-corrected chi connectivity index (χ0v) is 15.1. The van der Waals surface area contributed by atoms with E-state index in [0.29, 0.717) is 11.4 Å². The normalized spacial score (nSPS) is 18.9. The number of nitrogens with zero attached hydrogens (tertiary/aromatic N) is 2. The van der Waals surface area contributed by atoms with Gasteiger partial charge in [0.1, 0.15) is 0 Å². The fraction of sp³-hybridized carbons (Fsp3) is 0.647. The molecule has 1 saturated heterocycles. The van der Waals surface area contributed by atoms with Crippen molar-refractivity contribution >= 4 is 10.0 Å². The van der Waals surface area contributed by atoms with Gasteiger partial charge in [0.15, 0.2) is 0 Å². The van der Waals surface area contributed by atoms with Crippen molar-refractivity contribution in [3.8, 4) is 0 Å². The van der Waals surface area contributed by atoms with Crippen LogP contribution in [0.3, 0.4) is 0 Å². The van der Waals surface area contributed by atoms with E-state index in [0.717, 1.165) is 38.6 Å². The van der Waals surface area contributed by atoms with Gasteiger partial charge in [-0.25, -0.2) is 13.1 Å². The Labute approximate surface area is 140 Å². The van der Waals surface area contributed by atoms with E-state index in [4.69, 9.17) is 0 Å². The van der Waals surface area contributed by atoms with Gasteiger partial charge in [0.25, 0.3) is 0 Å². The van der Waals surface area contributed by atoms with Crippen LogP contribution in [0.2, 0.25) is 0 Å². The van der Waals surface area contributed by atoms with Crippen molar-refractivity contribution in [3.63, 3.8) is 0 Å². The predicted molar refractivity (Wildman–Crippen MR) is 94.0 cm³/mol. The second-order valence-corrected chi connectivity index (χ2v) is 8.13. The lowest BCUT2D eigenvalue weighted by atomic mass is 10.1. The molecule has 130 valence electrons. The van der Waals surface area contributed by atoms with Crippen LogP contribution >= 0.6 is 0 Å². The Morgan fingerprint density at radius 3 is 2.30 bits per heavy atom. The number of nitrogens with one attached hydrogen (secondary N) is 1. The first-order valence-electron chi connectivity index (χ1n) is 8.50. The van der Waals surface area contributed by atoms with Crippen molar-refractivity contribution in [1.82, 2.24) is 14.5 Å². The lowest BCUT2D eigenvalue weighted by Crippen LogP contribution is -2.49. The smallest absolute Gasteiger partial charge is 0.240 e. The van der Waals surface area contributed by atoms with Crippen LogP contribution in [0.1, 0.15) is 20.3 Å². The van der Waals surface area contributed by atoms with Crippen molar-refractivity contribution in [2.45, 2.75) is 25.2 Å². The van der Waals surface area contributed by atoms with E-state index >= 15 is 0 Å². The minimum absolute atomic E-state index is 0.332. The molecule has 2 rings (SSSR count). The highest BCUT2D eigenvalue weighted by atomic mass is 32.2. The Bertz CT molecular complexity index is 554. The molecule has 1 aromatic rings. The lowest BCUT2D eigenvalue weighted by Gasteiger charge is -2.35. The molecule has 0 amide bonds. The zero-order valence-electron chi connectivity index (χ0n) is 14.2. The third-order valence-electron chi connectivity index (χ3n) is 4.51. The van der Waals surface area contributed by atoms with Crippen LogP contribution in [-0.2, 0) is 10.0 Å². The van der Waals surface area contributed by atoms with Gasteiger partial charge in [0.05, 0.1) is 4.90 Å². The summed E-state index contributed by atoms with van der Waals surface area (Å²) in [7, 11) is -3.38. The Morgan fingerprint density at radius 1 is 1.09 bits per heavy atom. The quantitative estimate of drug-likeness (QED) is 0.782. The van der Waals surface area contributed by atoms with E-state index in [2.05, 4.69) is 28.4 Å². The average molecular weight is 340 g/mol. The maximum absolute atomic E-state index is 12.1. The van der Waals surface area contributed by atoms with Gasteiger partial charge in [0, 0.05) is 45.8 Å². The number of hydrogen-bond acceptors (Lipinski definition) is 4. The highest BCUT2D eigenvalue weighted by molar-refractivity contribution is 7.89. The monoisotopic (exact) mass is 339 g/mol. The Morgan fingerprint density at radius 2 is 1.70 bits per heavy atom. The van der Waals surface area contributed by atoms with Crippen molar-refractivity contribution in [1.29, 1.82) is 0 Å². The van der Waals surface area contributed by atoms with Gasteiger partial charge >= 0.3 is 0 Å². The third-order valence-corrected chi connectivity index (χ3v) is 5.98. The van der Waals surface area contributed by atoms with Crippen molar-refractivity contribution < 1.29 is 8.42 Å². The number of hydrogen-bond donors (Lipinski definition) is 1. The molecule has 1 N–H and O–H groups in total. The number of piperazine rings is 1. The summed E-state index contributed by atoms with van der Waals surface area (Å²) in [5.74, 6) is 0.749. The van der Waals surface area contributed by atoms with E-state index in [1.54, 1.807) is 24.3 Å². The van der Waals surface area contributed by atoms with Crippen LogP contribution in [0.15, 0.2) is 35.2 Å². The molecule has 6 heteroatoms. The number of rotatable bonds is 8. The molecule has 1 unspecified atom stereocenters. The molecule has 1 fully saturated rings. The van der Waals surface area contributed by atoms with Gasteiger partial charge in [-0.3, -0.25) is 4.90 Å². The first-order valence-corrected chi connectivity index (χ1v) is 9.99. The van der Waals surface area contributed by atoms with Gasteiger partial charge in [-0.15, -0.1) is 0 Å². The summed E-state index contributed by atoms with van der Waals surface area (Å²) in [6.07, 6.45) is 1.22. The summed E-state index contributed by atoms with van der Waals surface area (Å²) in [6, 6.07) is 8.54. The van der Waals surface area contributed by atoms with Gasteiger partial charge < -0.3 is 4.90 Å². The first kappa shape index (κ1) is 18.4. The minimum atomic E-state index is -3.38. The summed E-state index contributed by atoms with van der Waals surface area (Å²) >= 11 is 0. The molecule has 1 aliphatic rings. The van der Waals surface area contributed by atoms with Crippen LogP contribution < -0.4 is 4.72 Å². The molecule has 1 aliphatic heterocycles. The van der Waals surface area contributed by atoms with E-state index in [1.807, 2.05) is 6.07 Å². The Balaban J connectivity index is 1.70. The minimum Gasteiger partial charge on any atom is -0.301 e. The van der Waals surface area contributed by atoms with Gasteiger partial charge in [-0.05, 0) is 18.1 Å². The molecule has 0 radical (unpaired) electrons. The second kappa shape index (κ2) is 8.78. The molecule has 1 aromatic carbocycles. The summed E-state index contributed by atoms with van der Waals surface area (Å²) < 4.78 is 27.0. The largest absolute Gasteiger partial charge is 0.301 e.